The number of hydrogen-bond acceptors (Lipinski definition) is 4. The van der Waals surface area contributed by atoms with Crippen LogP contribution in [-0.2, 0) is 9.59 Å². The first kappa shape index (κ1) is 15.6. The van der Waals surface area contributed by atoms with E-state index in [9.17, 15) is 9.59 Å². The fraction of sp³-hybridized carbons (Fsp3) is 0.857. The van der Waals surface area contributed by atoms with Gasteiger partial charge in [0.2, 0.25) is 5.91 Å². The quantitative estimate of drug-likeness (QED) is 0.659. The molecule has 0 saturated carbocycles. The zero-order valence-electron chi connectivity index (χ0n) is 11.9. The minimum atomic E-state index is -0.933. The number of carbonyl (C=O) groups excluding carboxylic acids is 1. The Morgan fingerprint density at radius 1 is 1.35 bits per heavy atom. The van der Waals surface area contributed by atoms with Gasteiger partial charge in [0.25, 0.3) is 0 Å². The van der Waals surface area contributed by atoms with Crippen molar-refractivity contribution in [3.05, 3.63) is 0 Å². The second-order valence-electron chi connectivity index (χ2n) is 5.92. The van der Waals surface area contributed by atoms with Crippen molar-refractivity contribution in [1.29, 1.82) is 0 Å². The first-order valence-electron chi connectivity index (χ1n) is 7.35. The highest BCUT2D eigenvalue weighted by Crippen LogP contribution is 2.32. The number of nitrogens with one attached hydrogen (secondary N) is 2. The number of carboxylic acid groups (broad SMARTS) is 1. The Bertz CT molecular complexity index is 352. The summed E-state index contributed by atoms with van der Waals surface area (Å²) in [7, 11) is 0. The minimum Gasteiger partial charge on any atom is -0.480 e. The summed E-state index contributed by atoms with van der Waals surface area (Å²) in [4.78, 5) is 23.1. The predicted molar refractivity (Wildman–Crippen MR) is 79.9 cm³/mol. The molecule has 0 aromatic rings. The van der Waals surface area contributed by atoms with E-state index in [4.69, 9.17) is 5.11 Å². The van der Waals surface area contributed by atoms with Crippen molar-refractivity contribution < 1.29 is 14.7 Å². The normalized spacial score (nSPS) is 29.9. The van der Waals surface area contributed by atoms with Crippen LogP contribution in [0.2, 0.25) is 0 Å². The van der Waals surface area contributed by atoms with Crippen LogP contribution in [0.15, 0.2) is 0 Å². The van der Waals surface area contributed by atoms with Crippen molar-refractivity contribution in [2.75, 3.05) is 12.0 Å². The van der Waals surface area contributed by atoms with E-state index in [-0.39, 0.29) is 5.91 Å². The summed E-state index contributed by atoms with van der Waals surface area (Å²) in [6, 6.07) is 0.394. The summed E-state index contributed by atoms with van der Waals surface area (Å²) in [6.45, 7) is 0. The van der Waals surface area contributed by atoms with E-state index in [1.54, 1.807) is 11.8 Å². The Hall–Kier alpha value is -0.750. The SMILES string of the molecule is CSCC[C@H](NC(=O)CC1CC2CCC(C1)N2)C(=O)O. The third-order valence-electron chi connectivity index (χ3n) is 4.29. The van der Waals surface area contributed by atoms with Crippen molar-refractivity contribution in [3.63, 3.8) is 0 Å². The van der Waals surface area contributed by atoms with Gasteiger partial charge in [-0.25, -0.2) is 4.79 Å². The number of aliphatic carboxylic acids is 1. The highest BCUT2D eigenvalue weighted by atomic mass is 32.2. The lowest BCUT2D eigenvalue weighted by molar-refractivity contribution is -0.142. The lowest BCUT2D eigenvalue weighted by atomic mass is 9.89. The largest absolute Gasteiger partial charge is 0.480 e. The summed E-state index contributed by atoms with van der Waals surface area (Å²) in [5.74, 6) is 0.112. The average Bonchev–Trinajstić information content (AvgIpc) is 2.73. The van der Waals surface area contributed by atoms with E-state index in [1.807, 2.05) is 6.26 Å². The molecule has 2 heterocycles. The summed E-state index contributed by atoms with van der Waals surface area (Å²) in [5, 5.41) is 15.3. The number of rotatable bonds is 7. The predicted octanol–water partition coefficient (Wildman–Crippen LogP) is 1.23. The van der Waals surface area contributed by atoms with Crippen LogP contribution in [0.25, 0.3) is 0 Å². The van der Waals surface area contributed by atoms with E-state index >= 15 is 0 Å². The average molecular weight is 300 g/mol. The molecule has 2 rings (SSSR count). The molecule has 5 nitrogen and oxygen atoms in total. The summed E-state index contributed by atoms with van der Waals surface area (Å²) >= 11 is 1.60. The lowest BCUT2D eigenvalue weighted by Crippen LogP contribution is -2.44. The van der Waals surface area contributed by atoms with Gasteiger partial charge in [0.15, 0.2) is 0 Å². The molecule has 0 aromatic heterocycles. The molecule has 2 aliphatic heterocycles. The second kappa shape index (κ2) is 7.31. The van der Waals surface area contributed by atoms with Crippen molar-refractivity contribution in [3.8, 4) is 0 Å². The Balaban J connectivity index is 1.77. The number of thioether (sulfide) groups is 1. The van der Waals surface area contributed by atoms with Crippen LogP contribution in [0.4, 0.5) is 0 Å². The van der Waals surface area contributed by atoms with E-state index in [1.165, 1.54) is 12.8 Å². The molecule has 2 aliphatic rings. The third-order valence-corrected chi connectivity index (χ3v) is 4.93. The maximum Gasteiger partial charge on any atom is 0.326 e. The number of carboxylic acids is 1. The molecule has 0 aliphatic carbocycles. The van der Waals surface area contributed by atoms with Gasteiger partial charge in [0, 0.05) is 18.5 Å². The summed E-state index contributed by atoms with van der Waals surface area (Å²) in [6.07, 6.45) is 7.42. The van der Waals surface area contributed by atoms with Crippen LogP contribution in [0.5, 0.6) is 0 Å². The van der Waals surface area contributed by atoms with Crippen molar-refractivity contribution in [2.45, 2.75) is 56.7 Å². The van der Waals surface area contributed by atoms with Crippen molar-refractivity contribution in [2.24, 2.45) is 5.92 Å². The molecule has 114 valence electrons. The van der Waals surface area contributed by atoms with E-state index in [2.05, 4.69) is 10.6 Å². The van der Waals surface area contributed by atoms with Gasteiger partial charge in [-0.3, -0.25) is 4.79 Å². The first-order valence-corrected chi connectivity index (χ1v) is 8.75. The Labute approximate surface area is 124 Å². The molecule has 2 unspecified atom stereocenters. The van der Waals surface area contributed by atoms with Crippen molar-refractivity contribution >= 4 is 23.6 Å². The van der Waals surface area contributed by atoms with Crippen LogP contribution in [0.3, 0.4) is 0 Å². The van der Waals surface area contributed by atoms with Crippen LogP contribution in [0.1, 0.15) is 38.5 Å². The van der Waals surface area contributed by atoms with Crippen LogP contribution in [0, 0.1) is 5.92 Å². The van der Waals surface area contributed by atoms with Gasteiger partial charge < -0.3 is 15.7 Å². The molecule has 2 fully saturated rings. The molecule has 1 amide bonds. The first-order chi connectivity index (χ1) is 9.58. The Kier molecular flexibility index (Phi) is 5.72. The van der Waals surface area contributed by atoms with Gasteiger partial charge in [-0.15, -0.1) is 0 Å². The fourth-order valence-electron chi connectivity index (χ4n) is 3.35. The molecule has 0 spiro atoms. The molecule has 0 radical (unpaired) electrons. The maximum atomic E-state index is 12.0. The third kappa shape index (κ3) is 4.38. The minimum absolute atomic E-state index is 0.107. The summed E-state index contributed by atoms with van der Waals surface area (Å²) < 4.78 is 0. The Morgan fingerprint density at radius 2 is 2.00 bits per heavy atom. The molecule has 20 heavy (non-hydrogen) atoms. The van der Waals surface area contributed by atoms with Gasteiger partial charge in [0.1, 0.15) is 6.04 Å². The molecule has 2 saturated heterocycles. The molecule has 0 aromatic carbocycles. The van der Waals surface area contributed by atoms with Gasteiger partial charge in [0.05, 0.1) is 0 Å². The van der Waals surface area contributed by atoms with Gasteiger partial charge in [-0.2, -0.15) is 11.8 Å². The molecule has 3 atom stereocenters. The van der Waals surface area contributed by atoms with Gasteiger partial charge in [-0.05, 0) is 50.0 Å². The number of amides is 1. The van der Waals surface area contributed by atoms with E-state index < -0.39 is 12.0 Å². The number of hydrogen-bond donors (Lipinski definition) is 3. The summed E-state index contributed by atoms with van der Waals surface area (Å²) in [5.41, 5.74) is 0. The van der Waals surface area contributed by atoms with Gasteiger partial charge >= 0.3 is 5.97 Å². The van der Waals surface area contributed by atoms with Gasteiger partial charge in [-0.1, -0.05) is 0 Å². The highest BCUT2D eigenvalue weighted by molar-refractivity contribution is 7.98. The Morgan fingerprint density at radius 3 is 2.55 bits per heavy atom. The standard InChI is InChI=1S/C14H24N2O3S/c1-20-5-4-12(14(18)19)16-13(17)8-9-6-10-2-3-11(7-9)15-10/h9-12,15H,2-8H2,1H3,(H,16,17)(H,18,19)/t9?,10?,11?,12-/m0/s1. The zero-order valence-corrected chi connectivity index (χ0v) is 12.7. The molecular weight excluding hydrogens is 276 g/mol. The molecule has 2 bridgehead atoms. The number of piperidine rings is 1. The van der Waals surface area contributed by atoms with E-state index in [0.29, 0.717) is 30.8 Å². The molecular formula is C14H24N2O3S. The number of carbonyl (C=O) groups is 2. The van der Waals surface area contributed by atoms with Crippen LogP contribution < -0.4 is 10.6 Å². The smallest absolute Gasteiger partial charge is 0.326 e. The van der Waals surface area contributed by atoms with Crippen LogP contribution >= 0.6 is 11.8 Å². The second-order valence-corrected chi connectivity index (χ2v) is 6.90. The molecule has 6 heteroatoms. The topological polar surface area (TPSA) is 78.4 Å². The van der Waals surface area contributed by atoms with Crippen LogP contribution in [-0.4, -0.2) is 47.1 Å². The highest BCUT2D eigenvalue weighted by Gasteiger charge is 2.34. The maximum absolute atomic E-state index is 12.0. The monoisotopic (exact) mass is 300 g/mol. The van der Waals surface area contributed by atoms with Crippen molar-refractivity contribution in [1.82, 2.24) is 10.6 Å². The number of fused-ring (bicyclic) bond motifs is 2. The fourth-order valence-corrected chi connectivity index (χ4v) is 3.82. The lowest BCUT2D eigenvalue weighted by Gasteiger charge is -2.29. The van der Waals surface area contributed by atoms with E-state index in [0.717, 1.165) is 18.6 Å². The zero-order chi connectivity index (χ0) is 14.5. The molecule has 3 N–H and O–H groups in total.